The van der Waals surface area contributed by atoms with Crippen molar-refractivity contribution in [3.63, 3.8) is 0 Å². The van der Waals surface area contributed by atoms with Crippen LogP contribution in [0, 0.1) is 0 Å². The van der Waals surface area contributed by atoms with Crippen molar-refractivity contribution in [3.05, 3.63) is 188 Å². The molecule has 0 radical (unpaired) electrons. The van der Waals surface area contributed by atoms with Gasteiger partial charge in [-0.1, -0.05) is 146 Å². The fourth-order valence-corrected chi connectivity index (χ4v) is 8.68. The summed E-state index contributed by atoms with van der Waals surface area (Å²) in [7, 11) is 0. The van der Waals surface area contributed by atoms with E-state index in [4.69, 9.17) is 4.42 Å². The van der Waals surface area contributed by atoms with Crippen molar-refractivity contribution in [2.45, 2.75) is 0 Å². The molecule has 10 rings (SSSR count). The van der Waals surface area contributed by atoms with Crippen LogP contribution in [0.2, 0.25) is 0 Å². The van der Waals surface area contributed by atoms with Crippen LogP contribution in [0.15, 0.2) is 192 Å². The summed E-state index contributed by atoms with van der Waals surface area (Å²) in [5.74, 6) is 0. The molecule has 51 heavy (non-hydrogen) atoms. The van der Waals surface area contributed by atoms with Crippen LogP contribution in [0.25, 0.3) is 75.5 Å². The Labute approximate surface area is 300 Å². The van der Waals surface area contributed by atoms with Gasteiger partial charge in [-0.2, -0.15) is 0 Å². The Morgan fingerprint density at radius 1 is 0.412 bits per heavy atom. The standard InChI is InChI=1S/C48H31NOS/c1-4-14-32(15-5-1)33-24-26-36(27-25-33)49(37-28-29-38(34-16-6-2-7-17-34)41(30-37)35-18-8-3-9-19-35)43-31-42-39-20-10-12-22-44(39)50-47(42)46-40-21-11-13-23-45(40)51-48(43)46/h1-31H. The number of hydrogen-bond donors (Lipinski definition) is 0. The molecule has 2 nitrogen and oxygen atoms in total. The van der Waals surface area contributed by atoms with Crippen LogP contribution < -0.4 is 4.90 Å². The Bertz CT molecular complexity index is 2840. The largest absolute Gasteiger partial charge is 0.455 e. The minimum Gasteiger partial charge on any atom is -0.455 e. The molecular weight excluding hydrogens is 639 g/mol. The van der Waals surface area contributed by atoms with E-state index in [1.54, 1.807) is 0 Å². The Morgan fingerprint density at radius 2 is 0.980 bits per heavy atom. The van der Waals surface area contributed by atoms with Gasteiger partial charge >= 0.3 is 0 Å². The van der Waals surface area contributed by atoms with Gasteiger partial charge in [0.25, 0.3) is 0 Å². The zero-order chi connectivity index (χ0) is 33.7. The molecule has 0 aliphatic rings. The van der Waals surface area contributed by atoms with Crippen molar-refractivity contribution >= 4 is 70.5 Å². The normalized spacial score (nSPS) is 11.5. The van der Waals surface area contributed by atoms with Gasteiger partial charge in [0.2, 0.25) is 0 Å². The molecule has 0 fully saturated rings. The van der Waals surface area contributed by atoms with Gasteiger partial charge in [-0.25, -0.2) is 0 Å². The van der Waals surface area contributed by atoms with Gasteiger partial charge < -0.3 is 9.32 Å². The summed E-state index contributed by atoms with van der Waals surface area (Å²) >= 11 is 1.83. The fraction of sp³-hybridized carbons (Fsp3) is 0. The summed E-state index contributed by atoms with van der Waals surface area (Å²) in [6.07, 6.45) is 0. The maximum absolute atomic E-state index is 6.67. The van der Waals surface area contributed by atoms with E-state index in [9.17, 15) is 0 Å². The lowest BCUT2D eigenvalue weighted by molar-refractivity contribution is 0.673. The Hall–Kier alpha value is -6.42. The molecule has 0 amide bonds. The molecule has 240 valence electrons. The van der Waals surface area contributed by atoms with Crippen molar-refractivity contribution in [1.82, 2.24) is 0 Å². The third-order valence-corrected chi connectivity index (χ3v) is 11.1. The minimum absolute atomic E-state index is 0.901. The van der Waals surface area contributed by atoms with Crippen LogP contribution in [0.1, 0.15) is 0 Å². The smallest absolute Gasteiger partial charge is 0.144 e. The quantitative estimate of drug-likeness (QED) is 0.175. The van der Waals surface area contributed by atoms with E-state index in [0.717, 1.165) is 44.4 Å². The summed E-state index contributed by atoms with van der Waals surface area (Å²) in [4.78, 5) is 2.44. The first-order valence-corrected chi connectivity index (χ1v) is 18.1. The van der Waals surface area contributed by atoms with Crippen molar-refractivity contribution in [1.29, 1.82) is 0 Å². The van der Waals surface area contributed by atoms with Crippen molar-refractivity contribution in [2.24, 2.45) is 0 Å². The zero-order valence-corrected chi connectivity index (χ0v) is 28.5. The molecule has 0 unspecified atom stereocenters. The van der Waals surface area contributed by atoms with Gasteiger partial charge in [0.05, 0.1) is 10.4 Å². The molecule has 0 saturated heterocycles. The molecule has 2 aromatic heterocycles. The lowest BCUT2D eigenvalue weighted by Gasteiger charge is -2.28. The topological polar surface area (TPSA) is 16.4 Å². The first-order chi connectivity index (χ1) is 25.3. The van der Waals surface area contributed by atoms with Crippen molar-refractivity contribution in [2.75, 3.05) is 4.90 Å². The third kappa shape index (κ3) is 5.01. The maximum atomic E-state index is 6.67. The molecule has 0 aliphatic heterocycles. The number of furan rings is 1. The number of nitrogens with zero attached hydrogens (tertiary/aromatic N) is 1. The monoisotopic (exact) mass is 669 g/mol. The molecule has 0 spiro atoms. The molecule has 0 atom stereocenters. The second-order valence-corrected chi connectivity index (χ2v) is 13.9. The average molecular weight is 670 g/mol. The highest BCUT2D eigenvalue weighted by molar-refractivity contribution is 7.26. The first kappa shape index (κ1) is 29.5. The number of anilines is 3. The number of hydrogen-bond acceptors (Lipinski definition) is 3. The van der Waals surface area contributed by atoms with Crippen LogP contribution >= 0.6 is 11.3 Å². The van der Waals surface area contributed by atoms with E-state index in [-0.39, 0.29) is 0 Å². The average Bonchev–Trinajstić information content (AvgIpc) is 3.78. The van der Waals surface area contributed by atoms with Crippen LogP contribution in [-0.4, -0.2) is 0 Å². The summed E-state index contributed by atoms with van der Waals surface area (Å²) in [6, 6.07) is 67.4. The van der Waals surface area contributed by atoms with Gasteiger partial charge in [0.1, 0.15) is 11.2 Å². The second kappa shape index (κ2) is 12.2. The number of fused-ring (bicyclic) bond motifs is 7. The molecule has 0 aliphatic carbocycles. The van der Waals surface area contributed by atoms with E-state index in [1.807, 2.05) is 11.3 Å². The zero-order valence-electron chi connectivity index (χ0n) is 27.7. The van der Waals surface area contributed by atoms with Crippen molar-refractivity contribution in [3.8, 4) is 33.4 Å². The number of benzene rings is 8. The van der Waals surface area contributed by atoms with E-state index < -0.39 is 0 Å². The van der Waals surface area contributed by atoms with E-state index in [1.165, 1.54) is 48.2 Å². The van der Waals surface area contributed by atoms with Gasteiger partial charge in [0, 0.05) is 37.6 Å². The molecular formula is C48H31NOS. The Balaban J connectivity index is 1.28. The molecule has 2 heterocycles. The minimum atomic E-state index is 0.901. The second-order valence-electron chi connectivity index (χ2n) is 12.9. The predicted octanol–water partition coefficient (Wildman–Crippen LogP) is 14.4. The molecule has 8 aromatic carbocycles. The molecule has 10 aromatic rings. The number of thiophene rings is 1. The van der Waals surface area contributed by atoms with Gasteiger partial charge in [-0.15, -0.1) is 11.3 Å². The van der Waals surface area contributed by atoms with Crippen LogP contribution in [0.5, 0.6) is 0 Å². The van der Waals surface area contributed by atoms with Crippen molar-refractivity contribution < 1.29 is 4.42 Å². The lowest BCUT2D eigenvalue weighted by Crippen LogP contribution is -2.10. The van der Waals surface area contributed by atoms with Gasteiger partial charge in [-0.05, 0) is 75.8 Å². The number of para-hydroxylation sites is 1. The first-order valence-electron chi connectivity index (χ1n) is 17.3. The summed E-state index contributed by atoms with van der Waals surface area (Å²) < 4.78 is 9.11. The highest BCUT2D eigenvalue weighted by Gasteiger charge is 2.24. The highest BCUT2D eigenvalue weighted by atomic mass is 32.1. The van der Waals surface area contributed by atoms with Gasteiger partial charge in [0.15, 0.2) is 0 Å². The Morgan fingerprint density at radius 3 is 1.71 bits per heavy atom. The summed E-state index contributed by atoms with van der Waals surface area (Å²) in [6.45, 7) is 0. The lowest BCUT2D eigenvalue weighted by atomic mass is 9.93. The molecule has 3 heteroatoms. The Kier molecular flexibility index (Phi) is 7.04. The number of rotatable bonds is 6. The highest BCUT2D eigenvalue weighted by Crippen LogP contribution is 2.50. The third-order valence-electron chi connectivity index (χ3n) is 9.87. The summed E-state index contributed by atoms with van der Waals surface area (Å²) in [5, 5.41) is 4.61. The SMILES string of the molecule is c1ccc(-c2ccc(N(c3ccc(-c4ccccc4)c(-c4ccccc4)c3)c3cc4c5ccccc5oc4c4c3sc3ccccc34)cc2)cc1. The predicted molar refractivity (Wildman–Crippen MR) is 218 cm³/mol. The van der Waals surface area contributed by atoms with Crippen LogP contribution in [-0.2, 0) is 0 Å². The van der Waals surface area contributed by atoms with Gasteiger partial charge in [-0.3, -0.25) is 0 Å². The van der Waals surface area contributed by atoms with E-state index in [2.05, 4.69) is 193 Å². The fourth-order valence-electron chi connectivity index (χ4n) is 7.47. The van der Waals surface area contributed by atoms with Crippen LogP contribution in [0.4, 0.5) is 17.1 Å². The molecule has 0 N–H and O–H groups in total. The maximum Gasteiger partial charge on any atom is 0.144 e. The summed E-state index contributed by atoms with van der Waals surface area (Å²) in [5.41, 5.74) is 12.3. The molecule has 0 saturated carbocycles. The van der Waals surface area contributed by atoms with E-state index in [0.29, 0.717) is 0 Å². The van der Waals surface area contributed by atoms with E-state index >= 15 is 0 Å². The van der Waals surface area contributed by atoms with Crippen LogP contribution in [0.3, 0.4) is 0 Å². The molecule has 0 bridgehead atoms.